The van der Waals surface area contributed by atoms with Gasteiger partial charge in [0.25, 0.3) is 0 Å². The fourth-order valence-corrected chi connectivity index (χ4v) is 3.67. The van der Waals surface area contributed by atoms with Gasteiger partial charge in [0, 0.05) is 56.3 Å². The predicted octanol–water partition coefficient (Wildman–Crippen LogP) is 3.22. The largest absolute Gasteiger partial charge is 0.460 e. The Labute approximate surface area is 163 Å². The molecule has 1 saturated heterocycles. The van der Waals surface area contributed by atoms with Crippen LogP contribution in [0.3, 0.4) is 0 Å². The number of carbonyl (C=O) groups is 1. The highest BCUT2D eigenvalue weighted by Gasteiger charge is 2.25. The summed E-state index contributed by atoms with van der Waals surface area (Å²) in [6.07, 6.45) is 0. The summed E-state index contributed by atoms with van der Waals surface area (Å²) in [5.74, 6) is 0.768. The van der Waals surface area contributed by atoms with Crippen LogP contribution in [0.5, 0.6) is 0 Å². The average Bonchev–Trinajstić information content (AvgIpc) is 3.27. The van der Waals surface area contributed by atoms with E-state index < -0.39 is 5.97 Å². The Kier molecular flexibility index (Phi) is 5.45. The smallest absolute Gasteiger partial charge is 0.374 e. The average molecular weight is 383 g/mol. The highest BCUT2D eigenvalue weighted by Crippen LogP contribution is 2.28. The number of esters is 1. The second-order valence-electron chi connectivity index (χ2n) is 7.11. The van der Waals surface area contributed by atoms with Crippen molar-refractivity contribution < 1.29 is 18.5 Å². The third kappa shape index (κ3) is 3.95. The number of aryl methyl sites for hydroxylation is 1. The number of hydrogen-bond acceptors (Lipinski definition) is 7. The minimum atomic E-state index is -0.395. The topological polar surface area (TPSA) is 72.0 Å². The minimum Gasteiger partial charge on any atom is -0.460 e. The molecule has 0 bridgehead atoms. The van der Waals surface area contributed by atoms with Gasteiger partial charge in [0.05, 0.1) is 12.3 Å². The summed E-state index contributed by atoms with van der Waals surface area (Å²) < 4.78 is 16.2. The molecule has 1 aliphatic rings. The van der Waals surface area contributed by atoms with Gasteiger partial charge in [-0.05, 0) is 19.9 Å². The van der Waals surface area contributed by atoms with E-state index in [1.807, 2.05) is 37.3 Å². The Morgan fingerprint density at radius 2 is 1.86 bits per heavy atom. The zero-order valence-electron chi connectivity index (χ0n) is 16.3. The van der Waals surface area contributed by atoms with Crippen LogP contribution < -0.4 is 0 Å². The number of nitrogens with zero attached hydrogens (tertiary/aromatic N) is 3. The molecule has 148 valence electrons. The van der Waals surface area contributed by atoms with E-state index in [0.717, 1.165) is 60.7 Å². The highest BCUT2D eigenvalue weighted by atomic mass is 16.5. The molecule has 0 atom stereocenters. The molecule has 1 fully saturated rings. The fraction of sp³-hybridized carbons (Fsp3) is 0.429. The van der Waals surface area contributed by atoms with Gasteiger partial charge in [-0.15, -0.1) is 0 Å². The van der Waals surface area contributed by atoms with Gasteiger partial charge in [-0.1, -0.05) is 23.4 Å². The van der Waals surface area contributed by atoms with Crippen LogP contribution in [0.4, 0.5) is 0 Å². The first-order valence-electron chi connectivity index (χ1n) is 9.68. The van der Waals surface area contributed by atoms with Gasteiger partial charge in [0.1, 0.15) is 11.3 Å². The van der Waals surface area contributed by atoms with Gasteiger partial charge in [-0.3, -0.25) is 9.80 Å². The predicted molar refractivity (Wildman–Crippen MR) is 104 cm³/mol. The van der Waals surface area contributed by atoms with Crippen LogP contribution in [0.25, 0.3) is 11.0 Å². The van der Waals surface area contributed by atoms with E-state index in [4.69, 9.17) is 13.7 Å². The molecular weight excluding hydrogens is 358 g/mol. The van der Waals surface area contributed by atoms with E-state index in [1.165, 1.54) is 0 Å². The third-order valence-electron chi connectivity index (χ3n) is 5.07. The molecule has 0 aliphatic carbocycles. The molecule has 4 rings (SSSR count). The molecule has 0 spiro atoms. The van der Waals surface area contributed by atoms with Gasteiger partial charge < -0.3 is 13.7 Å². The van der Waals surface area contributed by atoms with Crippen LogP contribution in [0.2, 0.25) is 0 Å². The van der Waals surface area contributed by atoms with Crippen molar-refractivity contribution in [1.29, 1.82) is 0 Å². The van der Waals surface area contributed by atoms with Crippen molar-refractivity contribution in [2.75, 3.05) is 32.8 Å². The first-order chi connectivity index (χ1) is 13.6. The van der Waals surface area contributed by atoms with Crippen molar-refractivity contribution >= 4 is 16.9 Å². The maximum absolute atomic E-state index is 12.4. The Hall–Kier alpha value is -2.64. The first kappa shape index (κ1) is 18.7. The summed E-state index contributed by atoms with van der Waals surface area (Å²) in [5.41, 5.74) is 2.60. The highest BCUT2D eigenvalue weighted by molar-refractivity contribution is 5.96. The summed E-state index contributed by atoms with van der Waals surface area (Å²) in [4.78, 5) is 17.1. The van der Waals surface area contributed by atoms with E-state index >= 15 is 0 Å². The number of carbonyl (C=O) groups excluding carboxylic acids is 1. The maximum atomic E-state index is 12.4. The standard InChI is InChI=1S/C21H25N3O4/c1-3-26-21(25)20-18(17-6-4-5-7-19(17)27-20)14-24-10-8-23(9-11-24)13-16-12-15(2)28-22-16/h4-7,12H,3,8-11,13-14H2,1-2H3. The molecule has 0 amide bonds. The van der Waals surface area contributed by atoms with Crippen molar-refractivity contribution in [2.45, 2.75) is 26.9 Å². The van der Waals surface area contributed by atoms with Crippen molar-refractivity contribution in [3.8, 4) is 0 Å². The number of benzene rings is 1. The van der Waals surface area contributed by atoms with Crippen LogP contribution in [0.1, 0.15) is 34.5 Å². The normalized spacial score (nSPS) is 15.9. The molecule has 7 heteroatoms. The van der Waals surface area contributed by atoms with E-state index in [9.17, 15) is 4.79 Å². The lowest BCUT2D eigenvalue weighted by molar-refractivity contribution is 0.0487. The molecule has 0 radical (unpaired) electrons. The summed E-state index contributed by atoms with van der Waals surface area (Å²) in [7, 11) is 0. The second kappa shape index (κ2) is 8.16. The fourth-order valence-electron chi connectivity index (χ4n) is 3.67. The summed E-state index contributed by atoms with van der Waals surface area (Å²) >= 11 is 0. The Morgan fingerprint density at radius 1 is 1.14 bits per heavy atom. The molecule has 28 heavy (non-hydrogen) atoms. The van der Waals surface area contributed by atoms with Crippen molar-refractivity contribution in [1.82, 2.24) is 15.0 Å². The molecule has 0 N–H and O–H groups in total. The Morgan fingerprint density at radius 3 is 2.54 bits per heavy atom. The molecule has 3 heterocycles. The molecular formula is C21H25N3O4. The van der Waals surface area contributed by atoms with Crippen molar-refractivity contribution in [2.24, 2.45) is 0 Å². The monoisotopic (exact) mass is 383 g/mol. The van der Waals surface area contributed by atoms with Gasteiger partial charge in [0.15, 0.2) is 0 Å². The first-order valence-corrected chi connectivity index (χ1v) is 9.68. The zero-order valence-corrected chi connectivity index (χ0v) is 16.3. The maximum Gasteiger partial charge on any atom is 0.374 e. The number of fused-ring (bicyclic) bond motifs is 1. The molecule has 2 aromatic heterocycles. The number of ether oxygens (including phenoxy) is 1. The van der Waals surface area contributed by atoms with Crippen molar-refractivity contribution in [3.63, 3.8) is 0 Å². The minimum absolute atomic E-state index is 0.323. The van der Waals surface area contributed by atoms with E-state index in [0.29, 0.717) is 18.9 Å². The molecule has 0 unspecified atom stereocenters. The Bertz CT molecular complexity index is 954. The number of aromatic nitrogens is 1. The zero-order chi connectivity index (χ0) is 19.5. The van der Waals surface area contributed by atoms with E-state index in [1.54, 1.807) is 6.92 Å². The lowest BCUT2D eigenvalue weighted by Gasteiger charge is -2.34. The number of hydrogen-bond donors (Lipinski definition) is 0. The number of rotatable bonds is 6. The molecule has 1 aliphatic heterocycles. The van der Waals surface area contributed by atoms with Gasteiger partial charge >= 0.3 is 5.97 Å². The van der Waals surface area contributed by atoms with Crippen LogP contribution in [0, 0.1) is 6.92 Å². The summed E-state index contributed by atoms with van der Waals surface area (Å²) in [6.45, 7) is 9.22. The number of piperazine rings is 1. The lowest BCUT2D eigenvalue weighted by Crippen LogP contribution is -2.45. The van der Waals surface area contributed by atoms with Crippen molar-refractivity contribution in [3.05, 3.63) is 53.1 Å². The lowest BCUT2D eigenvalue weighted by atomic mass is 10.1. The second-order valence-corrected chi connectivity index (χ2v) is 7.11. The quantitative estimate of drug-likeness (QED) is 0.605. The number of furan rings is 1. The Balaban J connectivity index is 1.45. The van der Waals surface area contributed by atoms with Crippen LogP contribution >= 0.6 is 0 Å². The number of para-hydroxylation sites is 1. The molecule has 0 saturated carbocycles. The van der Waals surface area contributed by atoms with Crippen LogP contribution in [-0.4, -0.2) is 53.7 Å². The molecule has 7 nitrogen and oxygen atoms in total. The molecule has 1 aromatic carbocycles. The van der Waals surface area contributed by atoms with Gasteiger partial charge in [-0.2, -0.15) is 0 Å². The van der Waals surface area contributed by atoms with Gasteiger partial charge in [-0.25, -0.2) is 4.79 Å². The van der Waals surface area contributed by atoms with Gasteiger partial charge in [0.2, 0.25) is 5.76 Å². The SMILES string of the molecule is CCOC(=O)c1oc2ccccc2c1CN1CCN(Cc2cc(C)on2)CC1. The summed E-state index contributed by atoms with van der Waals surface area (Å²) in [5, 5.41) is 5.06. The third-order valence-corrected chi connectivity index (χ3v) is 5.07. The van der Waals surface area contributed by atoms with E-state index in [2.05, 4.69) is 15.0 Å². The van der Waals surface area contributed by atoms with Crippen LogP contribution in [-0.2, 0) is 17.8 Å². The van der Waals surface area contributed by atoms with E-state index in [-0.39, 0.29) is 0 Å². The summed E-state index contributed by atoms with van der Waals surface area (Å²) in [6, 6.07) is 9.75. The molecule has 3 aromatic rings. The van der Waals surface area contributed by atoms with Crippen LogP contribution in [0.15, 0.2) is 39.3 Å².